The van der Waals surface area contributed by atoms with E-state index in [1.165, 1.54) is 44.2 Å². The van der Waals surface area contributed by atoms with Crippen molar-refractivity contribution >= 4 is 17.5 Å². The molecular weight excluding hydrogens is 383 g/mol. The van der Waals surface area contributed by atoms with Crippen LogP contribution in [0.1, 0.15) is 19.4 Å². The number of benzene rings is 2. The molecule has 2 N–H and O–H groups in total. The molecule has 1 unspecified atom stereocenters. The van der Waals surface area contributed by atoms with Gasteiger partial charge in [0.2, 0.25) is 5.60 Å². The summed E-state index contributed by atoms with van der Waals surface area (Å²) in [5.74, 6) is -0.482. The van der Waals surface area contributed by atoms with Crippen molar-refractivity contribution in [1.29, 1.82) is 0 Å². The largest absolute Gasteiger partial charge is 0.478 e. The van der Waals surface area contributed by atoms with Crippen molar-refractivity contribution in [3.05, 3.63) is 65.2 Å². The van der Waals surface area contributed by atoms with Crippen molar-refractivity contribution in [3.63, 3.8) is 0 Å². The smallest absolute Gasteiger partial charge is 0.423 e. The average Bonchev–Trinajstić information content (AvgIpc) is 2.61. The van der Waals surface area contributed by atoms with Gasteiger partial charge in [-0.25, -0.2) is 0 Å². The molecule has 0 aliphatic heterocycles. The first-order valence-electron chi connectivity index (χ1n) is 8.03. The number of aliphatic hydroxyl groups is 1. The second-order valence-electron chi connectivity index (χ2n) is 6.47. The Balaban J connectivity index is 2.14. The van der Waals surface area contributed by atoms with Crippen molar-refractivity contribution in [2.75, 3.05) is 6.54 Å². The zero-order chi connectivity index (χ0) is 20.3. The molecular formula is C19H19ClF3NO3. The summed E-state index contributed by atoms with van der Waals surface area (Å²) in [7, 11) is 0. The van der Waals surface area contributed by atoms with Crippen LogP contribution in [-0.4, -0.2) is 29.3 Å². The molecule has 2 aromatic rings. The number of rotatable bonds is 6. The molecule has 0 radical (unpaired) electrons. The Morgan fingerprint density at radius 1 is 1.07 bits per heavy atom. The number of alkyl halides is 3. The molecule has 0 fully saturated rings. The van der Waals surface area contributed by atoms with Gasteiger partial charge in [-0.05, 0) is 43.7 Å². The summed E-state index contributed by atoms with van der Waals surface area (Å²) in [4.78, 5) is 12.4. The highest BCUT2D eigenvalue weighted by molar-refractivity contribution is 6.30. The van der Waals surface area contributed by atoms with E-state index in [4.69, 9.17) is 16.3 Å². The molecule has 0 saturated carbocycles. The van der Waals surface area contributed by atoms with Crippen molar-refractivity contribution in [3.8, 4) is 5.75 Å². The first-order valence-corrected chi connectivity index (χ1v) is 8.41. The molecule has 0 saturated heterocycles. The number of nitrogens with one attached hydrogen (secondary N) is 1. The highest BCUT2D eigenvalue weighted by Crippen LogP contribution is 2.38. The lowest BCUT2D eigenvalue weighted by atomic mass is 9.92. The van der Waals surface area contributed by atoms with Crippen LogP contribution >= 0.6 is 11.6 Å². The van der Waals surface area contributed by atoms with Gasteiger partial charge in [0.05, 0.1) is 6.54 Å². The van der Waals surface area contributed by atoms with Crippen LogP contribution in [0.2, 0.25) is 5.02 Å². The number of ether oxygens (including phenoxy) is 1. The van der Waals surface area contributed by atoms with E-state index in [1.54, 1.807) is 12.1 Å². The quantitative estimate of drug-likeness (QED) is 0.767. The fourth-order valence-corrected chi connectivity index (χ4v) is 2.47. The topological polar surface area (TPSA) is 58.6 Å². The minimum absolute atomic E-state index is 0.327. The predicted molar refractivity (Wildman–Crippen MR) is 95.6 cm³/mol. The fourth-order valence-electron chi connectivity index (χ4n) is 2.34. The molecule has 0 aliphatic rings. The molecule has 4 nitrogen and oxygen atoms in total. The summed E-state index contributed by atoms with van der Waals surface area (Å²) >= 11 is 5.78. The second kappa shape index (κ2) is 7.78. The Labute approximate surface area is 159 Å². The fraction of sp³-hybridized carbons (Fsp3) is 0.316. The van der Waals surface area contributed by atoms with Gasteiger partial charge in [-0.1, -0.05) is 41.9 Å². The summed E-state index contributed by atoms with van der Waals surface area (Å²) in [6.45, 7) is 1.77. The molecule has 0 aromatic heterocycles. The van der Waals surface area contributed by atoms with Crippen molar-refractivity contribution < 1.29 is 27.8 Å². The molecule has 2 aromatic carbocycles. The zero-order valence-corrected chi connectivity index (χ0v) is 15.4. The molecule has 2 rings (SSSR count). The van der Waals surface area contributed by atoms with Gasteiger partial charge in [-0.2, -0.15) is 13.2 Å². The van der Waals surface area contributed by atoms with E-state index in [0.717, 1.165) is 12.1 Å². The summed E-state index contributed by atoms with van der Waals surface area (Å²) in [5, 5.41) is 12.9. The third kappa shape index (κ3) is 4.93. The second-order valence-corrected chi connectivity index (χ2v) is 6.91. The van der Waals surface area contributed by atoms with Crippen molar-refractivity contribution in [2.45, 2.75) is 31.2 Å². The van der Waals surface area contributed by atoms with E-state index in [9.17, 15) is 23.1 Å². The maximum absolute atomic E-state index is 13.5. The van der Waals surface area contributed by atoms with E-state index in [1.807, 2.05) is 0 Å². The predicted octanol–water partition coefficient (Wildman–Crippen LogP) is 4.06. The molecule has 0 heterocycles. The number of hydrogen-bond acceptors (Lipinski definition) is 3. The van der Waals surface area contributed by atoms with Gasteiger partial charge in [-0.3, -0.25) is 4.79 Å². The highest BCUT2D eigenvalue weighted by Gasteiger charge is 2.55. The zero-order valence-electron chi connectivity index (χ0n) is 14.7. The Kier molecular flexibility index (Phi) is 6.07. The maximum atomic E-state index is 13.5. The molecule has 8 heteroatoms. The van der Waals surface area contributed by atoms with Crippen LogP contribution in [0.3, 0.4) is 0 Å². The van der Waals surface area contributed by atoms with Crippen molar-refractivity contribution in [1.82, 2.24) is 5.32 Å². The van der Waals surface area contributed by atoms with Crippen LogP contribution in [0.15, 0.2) is 54.6 Å². The van der Waals surface area contributed by atoms with Crippen LogP contribution in [-0.2, 0) is 10.4 Å². The monoisotopic (exact) mass is 401 g/mol. The van der Waals surface area contributed by atoms with Gasteiger partial charge in [0.1, 0.15) is 5.75 Å². The Morgan fingerprint density at radius 3 is 2.15 bits per heavy atom. The normalized spacial score (nSPS) is 14.3. The van der Waals surface area contributed by atoms with E-state index >= 15 is 0 Å². The lowest BCUT2D eigenvalue weighted by Crippen LogP contribution is -2.55. The minimum Gasteiger partial charge on any atom is -0.478 e. The minimum atomic E-state index is -4.98. The van der Waals surface area contributed by atoms with Gasteiger partial charge in [-0.15, -0.1) is 0 Å². The van der Waals surface area contributed by atoms with E-state index < -0.39 is 29.8 Å². The molecule has 1 atom stereocenters. The van der Waals surface area contributed by atoms with Crippen LogP contribution < -0.4 is 10.1 Å². The number of halogens is 4. The Morgan fingerprint density at radius 2 is 1.63 bits per heavy atom. The summed E-state index contributed by atoms with van der Waals surface area (Å²) in [6.07, 6.45) is -4.98. The van der Waals surface area contributed by atoms with Gasteiger partial charge in [0, 0.05) is 5.02 Å². The molecule has 27 heavy (non-hydrogen) atoms. The van der Waals surface area contributed by atoms with Crippen LogP contribution in [0, 0.1) is 0 Å². The first kappa shape index (κ1) is 21.1. The van der Waals surface area contributed by atoms with E-state index in [-0.39, 0.29) is 5.56 Å². The average molecular weight is 402 g/mol. The van der Waals surface area contributed by atoms with E-state index in [2.05, 4.69) is 5.32 Å². The third-order valence-electron chi connectivity index (χ3n) is 3.96. The third-order valence-corrected chi connectivity index (χ3v) is 4.21. The summed E-state index contributed by atoms with van der Waals surface area (Å²) in [6, 6.07) is 12.8. The first-order chi connectivity index (χ1) is 12.5. The van der Waals surface area contributed by atoms with Crippen LogP contribution in [0.5, 0.6) is 5.75 Å². The number of carbonyl (C=O) groups excluding carboxylic acids is 1. The molecule has 0 aliphatic carbocycles. The Bertz CT molecular complexity index is 779. The van der Waals surface area contributed by atoms with E-state index in [0.29, 0.717) is 10.8 Å². The standard InChI is InChI=1S/C19H19ClF3NO3/c1-17(2,27-15-10-8-14(20)9-11-15)16(25)24-12-18(26,19(21,22)23)13-6-4-3-5-7-13/h3-11,26H,12H2,1-2H3,(H,24,25). The van der Waals surface area contributed by atoms with Crippen LogP contribution in [0.4, 0.5) is 13.2 Å². The SMILES string of the molecule is CC(C)(Oc1ccc(Cl)cc1)C(=O)NCC(O)(c1ccccc1)C(F)(F)F. The molecule has 0 spiro atoms. The summed E-state index contributed by atoms with van der Waals surface area (Å²) in [5.41, 5.74) is -5.06. The van der Waals surface area contributed by atoms with Crippen molar-refractivity contribution in [2.24, 2.45) is 0 Å². The lowest BCUT2D eigenvalue weighted by molar-refractivity contribution is -0.264. The molecule has 0 bridgehead atoms. The van der Waals surface area contributed by atoms with Gasteiger partial charge in [0.25, 0.3) is 5.91 Å². The van der Waals surface area contributed by atoms with Gasteiger partial charge < -0.3 is 15.2 Å². The maximum Gasteiger partial charge on any atom is 0.423 e. The highest BCUT2D eigenvalue weighted by atomic mass is 35.5. The van der Waals surface area contributed by atoms with Gasteiger partial charge in [0.15, 0.2) is 5.60 Å². The Hall–Kier alpha value is -2.25. The lowest BCUT2D eigenvalue weighted by Gasteiger charge is -2.33. The van der Waals surface area contributed by atoms with Gasteiger partial charge >= 0.3 is 6.18 Å². The number of amides is 1. The van der Waals surface area contributed by atoms with Crippen LogP contribution in [0.25, 0.3) is 0 Å². The number of carbonyl (C=O) groups is 1. The summed E-state index contributed by atoms with van der Waals surface area (Å²) < 4.78 is 46.0. The number of hydrogen-bond donors (Lipinski definition) is 2. The molecule has 146 valence electrons. The molecule has 1 amide bonds.